The van der Waals surface area contributed by atoms with E-state index in [9.17, 15) is 9.90 Å². The molecule has 0 radical (unpaired) electrons. The Morgan fingerprint density at radius 3 is 2.42 bits per heavy atom. The first-order valence-electron chi connectivity index (χ1n) is 11.0. The topological polar surface area (TPSA) is 72.7 Å². The van der Waals surface area contributed by atoms with Crippen LogP contribution in [0.15, 0.2) is 72.8 Å². The molecule has 1 aromatic heterocycles. The first-order valence-corrected chi connectivity index (χ1v) is 11.0. The molecule has 0 aliphatic rings. The Morgan fingerprint density at radius 2 is 1.70 bits per heavy atom. The Balaban J connectivity index is 1.65. The zero-order chi connectivity index (χ0) is 23.2. The highest BCUT2D eigenvalue weighted by Gasteiger charge is 2.22. The molecule has 0 unspecified atom stereocenters. The molecule has 0 atom stereocenters. The number of nitrogens with one attached hydrogen (secondary N) is 1. The van der Waals surface area contributed by atoms with E-state index in [0.29, 0.717) is 31.9 Å². The molecule has 4 rings (SSSR count). The van der Waals surface area contributed by atoms with Crippen LogP contribution in [-0.4, -0.2) is 29.4 Å². The number of hydrogen-bond acceptors (Lipinski definition) is 4. The highest BCUT2D eigenvalue weighted by molar-refractivity contribution is 5.98. The van der Waals surface area contributed by atoms with Gasteiger partial charge in [0, 0.05) is 41.7 Å². The van der Waals surface area contributed by atoms with Gasteiger partial charge in [-0.2, -0.15) is 0 Å². The van der Waals surface area contributed by atoms with Gasteiger partial charge in [0.2, 0.25) is 0 Å². The normalized spacial score (nSPS) is 11.0. The molecule has 0 aliphatic carbocycles. The lowest BCUT2D eigenvalue weighted by atomic mass is 10.1. The molecule has 6 nitrogen and oxygen atoms in total. The third-order valence-corrected chi connectivity index (χ3v) is 5.67. The van der Waals surface area contributed by atoms with Crippen LogP contribution in [0.25, 0.3) is 10.9 Å². The molecular weight excluding hydrogens is 416 g/mol. The summed E-state index contributed by atoms with van der Waals surface area (Å²) < 4.78 is 12.8. The molecule has 0 spiro atoms. The van der Waals surface area contributed by atoms with Gasteiger partial charge >= 0.3 is 5.97 Å². The molecule has 0 fully saturated rings. The number of para-hydroxylation sites is 2. The van der Waals surface area contributed by atoms with Crippen LogP contribution in [0.2, 0.25) is 0 Å². The summed E-state index contributed by atoms with van der Waals surface area (Å²) in [5.74, 6) is 0.672. The number of benzene rings is 3. The minimum absolute atomic E-state index is 0.303. The van der Waals surface area contributed by atoms with E-state index in [0.717, 1.165) is 39.1 Å². The monoisotopic (exact) mass is 444 g/mol. The second-order valence-electron chi connectivity index (χ2n) is 7.73. The van der Waals surface area contributed by atoms with Crippen molar-refractivity contribution < 1.29 is 19.4 Å². The Morgan fingerprint density at radius 1 is 0.970 bits per heavy atom. The third kappa shape index (κ3) is 4.86. The second kappa shape index (κ2) is 10.2. The Hall–Kier alpha value is -3.77. The number of hydrogen-bond donors (Lipinski definition) is 2. The predicted octanol–water partition coefficient (Wildman–Crippen LogP) is 5.08. The van der Waals surface area contributed by atoms with Gasteiger partial charge in [0.15, 0.2) is 0 Å². The largest absolute Gasteiger partial charge is 0.497 e. The summed E-state index contributed by atoms with van der Waals surface area (Å²) >= 11 is 0. The predicted molar refractivity (Wildman–Crippen MR) is 129 cm³/mol. The van der Waals surface area contributed by atoms with Crippen molar-refractivity contribution in [3.63, 3.8) is 0 Å². The van der Waals surface area contributed by atoms with Crippen LogP contribution in [0.3, 0.4) is 0 Å². The lowest BCUT2D eigenvalue weighted by Crippen LogP contribution is -2.17. The standard InChI is InChI=1S/C27H28N2O4/c1-3-33-25-11-7-4-8-20(25)16-28-17-23-22-9-5-6-10-24(22)29(26(23)27(30)31)18-19-12-14-21(32-2)15-13-19/h4-15,28H,3,16-18H2,1-2H3,(H,30,31). The fraction of sp³-hybridized carbons (Fsp3) is 0.222. The van der Waals surface area contributed by atoms with Crippen LogP contribution in [0.4, 0.5) is 0 Å². The van der Waals surface area contributed by atoms with Gasteiger partial charge in [-0.15, -0.1) is 0 Å². The number of fused-ring (bicyclic) bond motifs is 1. The van der Waals surface area contributed by atoms with Crippen LogP contribution in [0.5, 0.6) is 11.5 Å². The summed E-state index contributed by atoms with van der Waals surface area (Å²) in [6.07, 6.45) is 0. The molecule has 0 amide bonds. The molecule has 0 aliphatic heterocycles. The second-order valence-corrected chi connectivity index (χ2v) is 7.73. The van der Waals surface area contributed by atoms with Crippen molar-refractivity contribution in [3.8, 4) is 11.5 Å². The minimum Gasteiger partial charge on any atom is -0.497 e. The van der Waals surface area contributed by atoms with E-state index in [-0.39, 0.29) is 0 Å². The number of nitrogens with zero attached hydrogens (tertiary/aromatic N) is 1. The lowest BCUT2D eigenvalue weighted by Gasteiger charge is -2.12. The number of aromatic nitrogens is 1. The lowest BCUT2D eigenvalue weighted by molar-refractivity contribution is 0.0684. The van der Waals surface area contributed by atoms with E-state index in [1.54, 1.807) is 7.11 Å². The van der Waals surface area contributed by atoms with Gasteiger partial charge in [-0.25, -0.2) is 4.79 Å². The van der Waals surface area contributed by atoms with E-state index in [1.807, 2.05) is 84.3 Å². The highest BCUT2D eigenvalue weighted by atomic mass is 16.5. The molecule has 2 N–H and O–H groups in total. The van der Waals surface area contributed by atoms with Gasteiger partial charge in [0.25, 0.3) is 0 Å². The number of ether oxygens (including phenoxy) is 2. The molecule has 3 aromatic carbocycles. The first-order chi connectivity index (χ1) is 16.1. The van der Waals surface area contributed by atoms with Gasteiger partial charge < -0.3 is 24.5 Å². The van der Waals surface area contributed by atoms with Crippen molar-refractivity contribution in [1.82, 2.24) is 9.88 Å². The average molecular weight is 445 g/mol. The van der Waals surface area contributed by atoms with Crippen LogP contribution < -0.4 is 14.8 Å². The Bertz CT molecular complexity index is 1240. The number of carboxylic acid groups (broad SMARTS) is 1. The van der Waals surface area contributed by atoms with Gasteiger partial charge in [-0.05, 0) is 36.8 Å². The number of rotatable bonds is 10. The van der Waals surface area contributed by atoms with Crippen LogP contribution >= 0.6 is 0 Å². The molecule has 6 heteroatoms. The van der Waals surface area contributed by atoms with Gasteiger partial charge in [-0.3, -0.25) is 0 Å². The van der Waals surface area contributed by atoms with Gasteiger partial charge in [0.1, 0.15) is 17.2 Å². The zero-order valence-corrected chi connectivity index (χ0v) is 18.9. The summed E-state index contributed by atoms with van der Waals surface area (Å²) in [4.78, 5) is 12.4. The van der Waals surface area contributed by atoms with E-state index >= 15 is 0 Å². The quantitative estimate of drug-likeness (QED) is 0.357. The molecule has 0 saturated heterocycles. The molecule has 0 bridgehead atoms. The van der Waals surface area contributed by atoms with Crippen LogP contribution in [0, 0.1) is 0 Å². The van der Waals surface area contributed by atoms with E-state index in [1.165, 1.54) is 0 Å². The highest BCUT2D eigenvalue weighted by Crippen LogP contribution is 2.28. The van der Waals surface area contributed by atoms with E-state index < -0.39 is 5.97 Å². The summed E-state index contributed by atoms with van der Waals surface area (Å²) in [7, 11) is 1.63. The Labute approximate surface area is 193 Å². The average Bonchev–Trinajstić information content (AvgIpc) is 3.14. The summed E-state index contributed by atoms with van der Waals surface area (Å²) in [6, 6.07) is 23.4. The smallest absolute Gasteiger partial charge is 0.352 e. The van der Waals surface area contributed by atoms with E-state index in [4.69, 9.17) is 9.47 Å². The fourth-order valence-electron chi connectivity index (χ4n) is 4.14. The summed E-state index contributed by atoms with van der Waals surface area (Å²) in [5, 5.41) is 14.5. The zero-order valence-electron chi connectivity index (χ0n) is 18.9. The van der Waals surface area contributed by atoms with Crippen LogP contribution in [-0.2, 0) is 19.6 Å². The van der Waals surface area contributed by atoms with Crippen molar-refractivity contribution in [2.75, 3.05) is 13.7 Å². The third-order valence-electron chi connectivity index (χ3n) is 5.67. The number of carboxylic acids is 1. The maximum atomic E-state index is 12.4. The first kappa shape index (κ1) is 22.4. The number of methoxy groups -OCH3 is 1. The molecule has 170 valence electrons. The maximum Gasteiger partial charge on any atom is 0.352 e. The fourth-order valence-corrected chi connectivity index (χ4v) is 4.14. The van der Waals surface area contributed by atoms with Crippen LogP contribution in [0.1, 0.15) is 34.1 Å². The number of carbonyl (C=O) groups is 1. The molecule has 33 heavy (non-hydrogen) atoms. The number of aromatic carboxylic acids is 1. The summed E-state index contributed by atoms with van der Waals surface area (Å²) in [6.45, 7) is 4.02. The van der Waals surface area contributed by atoms with Crippen molar-refractivity contribution >= 4 is 16.9 Å². The molecule has 0 saturated carbocycles. The van der Waals surface area contributed by atoms with Crippen molar-refractivity contribution in [2.24, 2.45) is 0 Å². The van der Waals surface area contributed by atoms with Gasteiger partial charge in [0.05, 0.1) is 13.7 Å². The van der Waals surface area contributed by atoms with Crippen molar-refractivity contribution in [1.29, 1.82) is 0 Å². The molecule has 1 heterocycles. The summed E-state index contributed by atoms with van der Waals surface area (Å²) in [5.41, 5.74) is 4.03. The van der Waals surface area contributed by atoms with E-state index in [2.05, 4.69) is 5.32 Å². The van der Waals surface area contributed by atoms with Crippen molar-refractivity contribution in [3.05, 3.63) is 95.2 Å². The van der Waals surface area contributed by atoms with Gasteiger partial charge in [-0.1, -0.05) is 48.5 Å². The maximum absolute atomic E-state index is 12.4. The molecular formula is C27H28N2O4. The minimum atomic E-state index is -0.939. The van der Waals surface area contributed by atoms with Crippen molar-refractivity contribution in [2.45, 2.75) is 26.6 Å². The Kier molecular flexibility index (Phi) is 6.95. The SMILES string of the molecule is CCOc1ccccc1CNCc1c(C(=O)O)n(Cc2ccc(OC)cc2)c2ccccc12. The molecule has 4 aromatic rings.